The Morgan fingerprint density at radius 1 is 1.12 bits per heavy atom. The molecule has 0 radical (unpaired) electrons. The van der Waals surface area contributed by atoms with Crippen molar-refractivity contribution in [2.75, 3.05) is 27.4 Å². The first-order chi connectivity index (χ1) is 15.6. The molecule has 0 aliphatic carbocycles. The smallest absolute Gasteiger partial charge is 0.242 e. The maximum atomic E-state index is 12.9. The molecule has 0 bridgehead atoms. The molecule has 1 fully saturated rings. The molecule has 2 aromatic carbocycles. The zero-order valence-electron chi connectivity index (χ0n) is 18.5. The molecule has 1 aliphatic heterocycles. The zero-order valence-corrected chi connectivity index (χ0v) is 19.3. The molecule has 0 spiro atoms. The van der Waals surface area contributed by atoms with Gasteiger partial charge >= 0.3 is 0 Å². The van der Waals surface area contributed by atoms with Gasteiger partial charge in [0.15, 0.2) is 16.7 Å². The third-order valence-corrected chi connectivity index (χ3v) is 5.91. The first-order valence-corrected chi connectivity index (χ1v) is 11.1. The minimum absolute atomic E-state index is 0.00357. The van der Waals surface area contributed by atoms with Crippen molar-refractivity contribution in [1.29, 1.82) is 0 Å². The van der Waals surface area contributed by atoms with E-state index in [0.29, 0.717) is 36.2 Å². The summed E-state index contributed by atoms with van der Waals surface area (Å²) in [6, 6.07) is 13.3. The van der Waals surface area contributed by atoms with Crippen LogP contribution in [-0.4, -0.2) is 54.8 Å². The van der Waals surface area contributed by atoms with E-state index >= 15 is 0 Å². The van der Waals surface area contributed by atoms with E-state index in [9.17, 15) is 4.79 Å². The summed E-state index contributed by atoms with van der Waals surface area (Å²) in [5.74, 6) is 2.07. The number of ether oxygens (including phenoxy) is 3. The molecule has 3 rings (SSSR count). The molecule has 1 atom stereocenters. The van der Waals surface area contributed by atoms with Crippen molar-refractivity contribution >= 4 is 29.1 Å². The van der Waals surface area contributed by atoms with Crippen LogP contribution in [0.25, 0.3) is 0 Å². The second kappa shape index (κ2) is 11.4. The summed E-state index contributed by atoms with van der Waals surface area (Å²) in [7, 11) is 3.17. The van der Waals surface area contributed by atoms with E-state index in [1.807, 2.05) is 43.3 Å². The van der Waals surface area contributed by atoms with Crippen molar-refractivity contribution in [2.24, 2.45) is 10.2 Å². The summed E-state index contributed by atoms with van der Waals surface area (Å²) in [5.41, 5.74) is 1.87. The van der Waals surface area contributed by atoms with Crippen LogP contribution in [0.4, 0.5) is 0 Å². The maximum Gasteiger partial charge on any atom is 0.242 e. The van der Waals surface area contributed by atoms with Gasteiger partial charge in [0.25, 0.3) is 0 Å². The highest BCUT2D eigenvalue weighted by atomic mass is 32.2. The Morgan fingerprint density at radius 2 is 1.88 bits per heavy atom. The minimum atomic E-state index is -0.261. The molecule has 1 amide bonds. The fraction of sp³-hybridized carbons (Fsp3) is 0.292. The Balaban J connectivity index is 1.73. The van der Waals surface area contributed by atoms with E-state index in [4.69, 9.17) is 14.2 Å². The van der Waals surface area contributed by atoms with Gasteiger partial charge in [-0.1, -0.05) is 30.0 Å². The van der Waals surface area contributed by atoms with Gasteiger partial charge in [-0.15, -0.1) is 11.7 Å². The van der Waals surface area contributed by atoms with Gasteiger partial charge < -0.3 is 14.2 Å². The quantitative estimate of drug-likeness (QED) is 0.307. The SMILES string of the molecule is C=CCN1C(=O)[C@@H](Cc2ccc(OCC)cc2)S/C1=N\N=C/c1ccc(OC)c(OC)c1. The van der Waals surface area contributed by atoms with Gasteiger partial charge in [-0.25, -0.2) is 0 Å². The van der Waals surface area contributed by atoms with Crippen LogP contribution in [0.2, 0.25) is 0 Å². The third-order valence-electron chi connectivity index (χ3n) is 4.74. The number of carbonyl (C=O) groups is 1. The van der Waals surface area contributed by atoms with Crippen molar-refractivity contribution < 1.29 is 19.0 Å². The van der Waals surface area contributed by atoms with Gasteiger partial charge in [0, 0.05) is 6.54 Å². The highest BCUT2D eigenvalue weighted by Gasteiger charge is 2.37. The van der Waals surface area contributed by atoms with E-state index in [0.717, 1.165) is 16.9 Å². The van der Waals surface area contributed by atoms with E-state index in [-0.39, 0.29) is 11.2 Å². The van der Waals surface area contributed by atoms with Crippen molar-refractivity contribution in [1.82, 2.24) is 4.90 Å². The van der Waals surface area contributed by atoms with Crippen molar-refractivity contribution in [3.8, 4) is 17.2 Å². The molecule has 8 heteroatoms. The molecule has 0 aromatic heterocycles. The average molecular weight is 454 g/mol. The lowest BCUT2D eigenvalue weighted by molar-refractivity contribution is -0.125. The van der Waals surface area contributed by atoms with E-state index in [1.165, 1.54) is 11.8 Å². The topological polar surface area (TPSA) is 72.7 Å². The first-order valence-electron chi connectivity index (χ1n) is 10.2. The summed E-state index contributed by atoms with van der Waals surface area (Å²) in [4.78, 5) is 14.6. The Labute approximate surface area is 192 Å². The van der Waals surface area contributed by atoms with Crippen LogP contribution in [0.15, 0.2) is 65.3 Å². The van der Waals surface area contributed by atoms with Crippen LogP contribution in [-0.2, 0) is 11.2 Å². The second-order valence-electron chi connectivity index (χ2n) is 6.87. The number of amides is 1. The van der Waals surface area contributed by atoms with Crippen LogP contribution < -0.4 is 14.2 Å². The molecule has 168 valence electrons. The lowest BCUT2D eigenvalue weighted by Crippen LogP contribution is -2.32. The van der Waals surface area contributed by atoms with E-state index < -0.39 is 0 Å². The predicted molar refractivity (Wildman–Crippen MR) is 129 cm³/mol. The Morgan fingerprint density at radius 3 is 2.53 bits per heavy atom. The number of amidine groups is 1. The van der Waals surface area contributed by atoms with Gasteiger partial charge in [0.2, 0.25) is 5.91 Å². The fourth-order valence-electron chi connectivity index (χ4n) is 3.19. The summed E-state index contributed by atoms with van der Waals surface area (Å²) >= 11 is 1.41. The van der Waals surface area contributed by atoms with Gasteiger partial charge in [-0.2, -0.15) is 5.10 Å². The fourth-order valence-corrected chi connectivity index (χ4v) is 4.34. The molecule has 7 nitrogen and oxygen atoms in total. The largest absolute Gasteiger partial charge is 0.494 e. The normalized spacial score (nSPS) is 17.2. The molecular weight excluding hydrogens is 426 g/mol. The van der Waals surface area contributed by atoms with Crippen LogP contribution in [0.3, 0.4) is 0 Å². The Bertz CT molecular complexity index is 1000. The lowest BCUT2D eigenvalue weighted by Gasteiger charge is -2.13. The van der Waals surface area contributed by atoms with Crippen LogP contribution >= 0.6 is 11.8 Å². The van der Waals surface area contributed by atoms with Gasteiger partial charge in [-0.05, 0) is 54.8 Å². The molecular formula is C24H27N3O4S. The molecule has 32 heavy (non-hydrogen) atoms. The number of methoxy groups -OCH3 is 2. The highest BCUT2D eigenvalue weighted by Crippen LogP contribution is 2.31. The maximum absolute atomic E-state index is 12.9. The van der Waals surface area contributed by atoms with Crippen molar-refractivity contribution in [3.05, 3.63) is 66.2 Å². The number of thioether (sulfide) groups is 1. The molecule has 0 saturated carbocycles. The summed E-state index contributed by atoms with van der Waals surface area (Å²) < 4.78 is 16.0. The molecule has 1 aliphatic rings. The van der Waals surface area contributed by atoms with Gasteiger partial charge in [0.1, 0.15) is 5.75 Å². The first kappa shape index (κ1) is 23.4. The van der Waals surface area contributed by atoms with E-state index in [2.05, 4.69) is 16.8 Å². The zero-order chi connectivity index (χ0) is 22.9. The van der Waals surface area contributed by atoms with Crippen LogP contribution in [0, 0.1) is 0 Å². The van der Waals surface area contributed by atoms with Gasteiger partial charge in [-0.3, -0.25) is 9.69 Å². The molecule has 1 heterocycles. The predicted octanol–water partition coefficient (Wildman–Crippen LogP) is 4.17. The molecule has 1 saturated heterocycles. The average Bonchev–Trinajstić information content (AvgIpc) is 3.09. The van der Waals surface area contributed by atoms with Crippen LogP contribution in [0.1, 0.15) is 18.1 Å². The number of rotatable bonds is 10. The van der Waals surface area contributed by atoms with Crippen LogP contribution in [0.5, 0.6) is 17.2 Å². The number of benzene rings is 2. The number of hydrogen-bond donors (Lipinski definition) is 0. The summed E-state index contributed by atoms with van der Waals surface area (Å²) in [5, 5.41) is 8.80. The number of carbonyl (C=O) groups excluding carboxylic acids is 1. The van der Waals surface area contributed by atoms with Crippen molar-refractivity contribution in [3.63, 3.8) is 0 Å². The third kappa shape index (κ3) is 5.70. The molecule has 2 aromatic rings. The second-order valence-corrected chi connectivity index (χ2v) is 8.04. The van der Waals surface area contributed by atoms with E-state index in [1.54, 1.807) is 37.5 Å². The Kier molecular flexibility index (Phi) is 8.33. The highest BCUT2D eigenvalue weighted by molar-refractivity contribution is 8.15. The lowest BCUT2D eigenvalue weighted by atomic mass is 10.1. The molecule has 0 N–H and O–H groups in total. The standard InChI is InChI=1S/C24H27N3O4S/c1-5-13-27-23(28)22(15-17-7-10-19(11-8-17)31-6-2)32-24(27)26-25-16-18-9-12-20(29-3)21(14-18)30-4/h5,7-12,14,16,22H,1,6,13,15H2,2-4H3/b25-16-,26-24-/t22-/m1/s1. The van der Waals surface area contributed by atoms with Crippen molar-refractivity contribution in [2.45, 2.75) is 18.6 Å². The number of nitrogens with zero attached hydrogens (tertiary/aromatic N) is 3. The monoisotopic (exact) mass is 453 g/mol. The number of hydrogen-bond acceptors (Lipinski definition) is 7. The van der Waals surface area contributed by atoms with Gasteiger partial charge in [0.05, 0.1) is 32.3 Å². The summed E-state index contributed by atoms with van der Waals surface area (Å²) in [6.45, 7) is 6.71. The Hall–Kier alpha value is -3.26. The molecule has 0 unspecified atom stereocenters. The minimum Gasteiger partial charge on any atom is -0.494 e. The summed E-state index contributed by atoms with van der Waals surface area (Å²) in [6.07, 6.45) is 3.90.